The van der Waals surface area contributed by atoms with Gasteiger partial charge in [0.15, 0.2) is 11.5 Å². The standard InChI is InChI=1S/C22H25NO5/c1-13(2)23-12-18(21(25)22(23)26)20(24)19-9-8-17(28-19)11-15-6-5-7-16(10-15)27-14(3)4/h5-10,13-14,25H,11-12H2,1-4H3. The quantitative estimate of drug-likeness (QED) is 0.734. The van der Waals surface area contributed by atoms with Crippen molar-refractivity contribution in [2.75, 3.05) is 6.54 Å². The minimum atomic E-state index is -0.521. The minimum Gasteiger partial charge on any atom is -0.503 e. The van der Waals surface area contributed by atoms with E-state index in [2.05, 4.69) is 0 Å². The number of Topliss-reactive ketones (excluding diaryl/α,β-unsaturated/α-hetero) is 1. The van der Waals surface area contributed by atoms with Gasteiger partial charge in [-0.15, -0.1) is 0 Å². The predicted molar refractivity (Wildman–Crippen MR) is 105 cm³/mol. The molecule has 0 saturated carbocycles. The van der Waals surface area contributed by atoms with Crippen molar-refractivity contribution in [1.82, 2.24) is 4.90 Å². The monoisotopic (exact) mass is 383 g/mol. The first-order chi connectivity index (χ1) is 13.3. The number of carbonyl (C=O) groups is 2. The van der Waals surface area contributed by atoms with Crippen LogP contribution in [0.15, 0.2) is 52.1 Å². The van der Waals surface area contributed by atoms with Gasteiger partial charge >= 0.3 is 0 Å². The van der Waals surface area contributed by atoms with E-state index < -0.39 is 17.4 Å². The number of hydrogen-bond acceptors (Lipinski definition) is 5. The first-order valence-corrected chi connectivity index (χ1v) is 9.38. The summed E-state index contributed by atoms with van der Waals surface area (Å²) < 4.78 is 11.4. The molecule has 2 heterocycles. The van der Waals surface area contributed by atoms with Crippen LogP contribution in [0.5, 0.6) is 5.75 Å². The van der Waals surface area contributed by atoms with Gasteiger partial charge in [0, 0.05) is 12.5 Å². The van der Waals surface area contributed by atoms with Crippen molar-refractivity contribution in [1.29, 1.82) is 0 Å². The van der Waals surface area contributed by atoms with Crippen LogP contribution in [0.2, 0.25) is 0 Å². The van der Waals surface area contributed by atoms with E-state index in [0.717, 1.165) is 11.3 Å². The molecular weight excluding hydrogens is 358 g/mol. The summed E-state index contributed by atoms with van der Waals surface area (Å²) in [6, 6.07) is 10.9. The highest BCUT2D eigenvalue weighted by Gasteiger charge is 2.36. The first-order valence-electron chi connectivity index (χ1n) is 9.38. The molecule has 0 saturated heterocycles. The zero-order chi connectivity index (χ0) is 20.4. The summed E-state index contributed by atoms with van der Waals surface area (Å²) in [4.78, 5) is 26.2. The summed E-state index contributed by atoms with van der Waals surface area (Å²) in [6.45, 7) is 7.69. The van der Waals surface area contributed by atoms with Crippen molar-refractivity contribution in [2.45, 2.75) is 46.3 Å². The van der Waals surface area contributed by atoms with E-state index in [1.54, 1.807) is 12.1 Å². The van der Waals surface area contributed by atoms with Crippen LogP contribution in [0, 0.1) is 0 Å². The van der Waals surface area contributed by atoms with Crippen LogP contribution in [0.25, 0.3) is 0 Å². The molecule has 0 unspecified atom stereocenters. The molecule has 6 nitrogen and oxygen atoms in total. The molecule has 0 atom stereocenters. The van der Waals surface area contributed by atoms with Crippen molar-refractivity contribution >= 4 is 11.7 Å². The Labute approximate surface area is 164 Å². The number of nitrogens with zero attached hydrogens (tertiary/aromatic N) is 1. The van der Waals surface area contributed by atoms with E-state index in [-0.39, 0.29) is 30.0 Å². The Bertz CT molecular complexity index is 923. The van der Waals surface area contributed by atoms with Gasteiger partial charge in [0.25, 0.3) is 5.91 Å². The molecular formula is C22H25NO5. The summed E-state index contributed by atoms with van der Waals surface area (Å²) in [5.74, 6) is 0.0443. The third-order valence-corrected chi connectivity index (χ3v) is 4.51. The van der Waals surface area contributed by atoms with Gasteiger partial charge < -0.3 is 19.2 Å². The topological polar surface area (TPSA) is 80.0 Å². The Morgan fingerprint density at radius 3 is 2.61 bits per heavy atom. The largest absolute Gasteiger partial charge is 0.503 e. The second-order valence-electron chi connectivity index (χ2n) is 7.44. The van der Waals surface area contributed by atoms with E-state index in [9.17, 15) is 14.7 Å². The number of carbonyl (C=O) groups excluding carboxylic acids is 2. The normalized spacial score (nSPS) is 14.5. The van der Waals surface area contributed by atoms with Gasteiger partial charge in [-0.3, -0.25) is 9.59 Å². The van der Waals surface area contributed by atoms with E-state index in [0.29, 0.717) is 12.2 Å². The highest BCUT2D eigenvalue weighted by Crippen LogP contribution is 2.25. The Morgan fingerprint density at radius 1 is 1.21 bits per heavy atom. The Hall–Kier alpha value is -3.02. The summed E-state index contributed by atoms with van der Waals surface area (Å²) >= 11 is 0. The van der Waals surface area contributed by atoms with Gasteiger partial charge in [0.05, 0.1) is 18.2 Å². The maximum atomic E-state index is 12.7. The van der Waals surface area contributed by atoms with Gasteiger partial charge in [-0.05, 0) is 57.5 Å². The van der Waals surface area contributed by atoms with Gasteiger partial charge in [-0.25, -0.2) is 0 Å². The highest BCUT2D eigenvalue weighted by atomic mass is 16.5. The number of aliphatic hydroxyl groups excluding tert-OH is 1. The Morgan fingerprint density at radius 2 is 1.96 bits per heavy atom. The maximum Gasteiger partial charge on any atom is 0.289 e. The number of rotatable bonds is 7. The van der Waals surface area contributed by atoms with E-state index in [1.807, 2.05) is 52.0 Å². The molecule has 0 spiro atoms. The van der Waals surface area contributed by atoms with E-state index >= 15 is 0 Å². The molecule has 1 aliphatic heterocycles. The van der Waals surface area contributed by atoms with Crippen LogP contribution in [-0.4, -0.2) is 40.4 Å². The van der Waals surface area contributed by atoms with Crippen molar-refractivity contribution in [3.05, 3.63) is 64.8 Å². The molecule has 0 radical (unpaired) electrons. The molecule has 1 aromatic carbocycles. The average molecular weight is 383 g/mol. The molecule has 2 aromatic rings. The van der Waals surface area contributed by atoms with Gasteiger partial charge in [0.1, 0.15) is 11.5 Å². The summed E-state index contributed by atoms with van der Waals surface area (Å²) in [5.41, 5.74) is 1.07. The van der Waals surface area contributed by atoms with E-state index in [4.69, 9.17) is 9.15 Å². The number of furan rings is 1. The molecule has 3 rings (SSSR count). The molecule has 1 aromatic heterocycles. The van der Waals surface area contributed by atoms with Crippen LogP contribution < -0.4 is 4.74 Å². The van der Waals surface area contributed by atoms with Crippen LogP contribution in [0.4, 0.5) is 0 Å². The van der Waals surface area contributed by atoms with Crippen LogP contribution >= 0.6 is 0 Å². The van der Waals surface area contributed by atoms with Crippen LogP contribution in [-0.2, 0) is 11.2 Å². The molecule has 148 valence electrons. The second kappa shape index (κ2) is 7.92. The lowest BCUT2D eigenvalue weighted by molar-refractivity contribution is -0.129. The predicted octanol–water partition coefficient (Wildman–Crippen LogP) is 3.90. The van der Waals surface area contributed by atoms with Crippen molar-refractivity contribution in [3.63, 3.8) is 0 Å². The molecule has 6 heteroatoms. The zero-order valence-corrected chi connectivity index (χ0v) is 16.6. The summed E-state index contributed by atoms with van der Waals surface area (Å²) in [6.07, 6.45) is 0.591. The molecule has 0 fully saturated rings. The number of ketones is 1. The minimum absolute atomic E-state index is 0.0759. The van der Waals surface area contributed by atoms with Gasteiger partial charge in [-0.1, -0.05) is 12.1 Å². The van der Waals surface area contributed by atoms with Crippen LogP contribution in [0.3, 0.4) is 0 Å². The second-order valence-corrected chi connectivity index (χ2v) is 7.44. The lowest BCUT2D eigenvalue weighted by Crippen LogP contribution is -2.34. The lowest BCUT2D eigenvalue weighted by Gasteiger charge is -2.20. The molecule has 0 bridgehead atoms. The molecule has 0 aliphatic carbocycles. The smallest absolute Gasteiger partial charge is 0.289 e. The number of hydrogen-bond donors (Lipinski definition) is 1. The van der Waals surface area contributed by atoms with Crippen molar-refractivity contribution in [2.24, 2.45) is 0 Å². The van der Waals surface area contributed by atoms with Gasteiger partial charge in [-0.2, -0.15) is 0 Å². The number of ether oxygens (including phenoxy) is 1. The zero-order valence-electron chi connectivity index (χ0n) is 16.6. The van der Waals surface area contributed by atoms with Crippen molar-refractivity contribution < 1.29 is 23.8 Å². The third kappa shape index (κ3) is 4.11. The average Bonchev–Trinajstić information content (AvgIpc) is 3.20. The summed E-state index contributed by atoms with van der Waals surface area (Å²) in [5, 5.41) is 10.1. The fraction of sp³-hybridized carbons (Fsp3) is 0.364. The number of benzene rings is 1. The Balaban J connectivity index is 1.74. The number of aliphatic hydroxyl groups is 1. The fourth-order valence-corrected chi connectivity index (χ4v) is 3.12. The number of amides is 1. The van der Waals surface area contributed by atoms with E-state index in [1.165, 1.54) is 4.90 Å². The SMILES string of the molecule is CC(C)Oc1cccc(Cc2ccc(C(=O)C3=C(O)C(=O)N(C(C)C)C3)o2)c1. The summed E-state index contributed by atoms with van der Waals surface area (Å²) in [7, 11) is 0. The lowest BCUT2D eigenvalue weighted by atomic mass is 10.1. The molecule has 28 heavy (non-hydrogen) atoms. The molecule has 1 N–H and O–H groups in total. The highest BCUT2D eigenvalue weighted by molar-refractivity contribution is 6.14. The van der Waals surface area contributed by atoms with Crippen molar-refractivity contribution in [3.8, 4) is 5.75 Å². The van der Waals surface area contributed by atoms with Crippen LogP contribution in [0.1, 0.15) is 49.6 Å². The maximum absolute atomic E-state index is 12.7. The first kappa shape index (κ1) is 19.7. The third-order valence-electron chi connectivity index (χ3n) is 4.51. The Kier molecular flexibility index (Phi) is 5.58. The molecule has 1 amide bonds. The fourth-order valence-electron chi connectivity index (χ4n) is 3.12. The molecule has 1 aliphatic rings. The van der Waals surface area contributed by atoms with Gasteiger partial charge in [0.2, 0.25) is 5.78 Å².